The third-order valence-electron chi connectivity index (χ3n) is 2.96. The van der Waals surface area contributed by atoms with E-state index in [-0.39, 0.29) is 16.7 Å². The minimum Gasteiger partial charge on any atom is -0.361 e. The Morgan fingerprint density at radius 2 is 1.86 bits per heavy atom. The molecule has 0 unspecified atom stereocenters. The lowest BCUT2D eigenvalue weighted by atomic mass is 10.1. The summed E-state index contributed by atoms with van der Waals surface area (Å²) in [6, 6.07) is 3.09. The van der Waals surface area contributed by atoms with E-state index in [1.807, 2.05) is 0 Å². The van der Waals surface area contributed by atoms with Crippen LogP contribution >= 0.6 is 22.6 Å². The van der Waals surface area contributed by atoms with Gasteiger partial charge in [-0.3, -0.25) is 14.3 Å². The highest BCUT2D eigenvalue weighted by molar-refractivity contribution is 14.1. The minimum absolute atomic E-state index is 0.0409. The monoisotopic (exact) mass is 422 g/mol. The Balaban J connectivity index is 2.52. The standard InChI is InChI=1S/C14H13F2IN2O3/c1-2-22-7-19-11(12(17)13(20)18-14(19)21)5-8-3-9(15)6-10(16)4-8/h3-4,6H,2,5,7H2,1H3,(H,18,20,21). The number of hydrogen-bond acceptors (Lipinski definition) is 3. The van der Waals surface area contributed by atoms with E-state index in [0.29, 0.717) is 17.9 Å². The summed E-state index contributed by atoms with van der Waals surface area (Å²) >= 11 is 1.80. The van der Waals surface area contributed by atoms with Crippen molar-refractivity contribution in [3.8, 4) is 0 Å². The van der Waals surface area contributed by atoms with E-state index in [0.717, 1.165) is 18.2 Å². The van der Waals surface area contributed by atoms with Crippen molar-refractivity contribution in [3.63, 3.8) is 0 Å². The van der Waals surface area contributed by atoms with E-state index in [9.17, 15) is 18.4 Å². The van der Waals surface area contributed by atoms with Gasteiger partial charge in [0, 0.05) is 24.8 Å². The van der Waals surface area contributed by atoms with Gasteiger partial charge in [-0.25, -0.2) is 13.6 Å². The number of H-pyrrole nitrogens is 1. The SMILES string of the molecule is CCOCn1c(Cc2cc(F)cc(F)c2)c(I)c(=O)[nH]c1=O. The van der Waals surface area contributed by atoms with Gasteiger partial charge in [0.1, 0.15) is 18.4 Å². The van der Waals surface area contributed by atoms with Crippen LogP contribution in [0.5, 0.6) is 0 Å². The maximum atomic E-state index is 13.3. The maximum absolute atomic E-state index is 13.3. The fraction of sp³-hybridized carbons (Fsp3) is 0.286. The van der Waals surface area contributed by atoms with E-state index < -0.39 is 22.9 Å². The first-order valence-electron chi connectivity index (χ1n) is 6.46. The topological polar surface area (TPSA) is 64.1 Å². The number of nitrogens with zero attached hydrogens (tertiary/aromatic N) is 1. The number of benzene rings is 1. The number of aromatic amines is 1. The zero-order chi connectivity index (χ0) is 16.3. The summed E-state index contributed by atoms with van der Waals surface area (Å²) in [7, 11) is 0. The van der Waals surface area contributed by atoms with Gasteiger partial charge in [-0.1, -0.05) is 0 Å². The molecule has 118 valence electrons. The minimum atomic E-state index is -0.714. The Bertz CT molecular complexity index is 781. The Labute approximate surface area is 138 Å². The van der Waals surface area contributed by atoms with E-state index in [1.165, 1.54) is 4.57 Å². The van der Waals surface area contributed by atoms with Crippen molar-refractivity contribution < 1.29 is 13.5 Å². The third-order valence-corrected chi connectivity index (χ3v) is 4.08. The van der Waals surface area contributed by atoms with Gasteiger partial charge in [-0.15, -0.1) is 0 Å². The largest absolute Gasteiger partial charge is 0.361 e. The molecule has 2 rings (SSSR count). The van der Waals surface area contributed by atoms with Gasteiger partial charge >= 0.3 is 5.69 Å². The molecule has 0 aliphatic heterocycles. The predicted molar refractivity (Wildman–Crippen MR) is 84.8 cm³/mol. The molecule has 0 saturated carbocycles. The quantitative estimate of drug-likeness (QED) is 0.751. The summed E-state index contributed by atoms with van der Waals surface area (Å²) in [5.74, 6) is -1.43. The summed E-state index contributed by atoms with van der Waals surface area (Å²) in [4.78, 5) is 25.8. The lowest BCUT2D eigenvalue weighted by Gasteiger charge is -2.14. The first-order chi connectivity index (χ1) is 10.4. The Morgan fingerprint density at radius 1 is 1.23 bits per heavy atom. The first-order valence-corrected chi connectivity index (χ1v) is 7.54. The second kappa shape index (κ2) is 7.14. The van der Waals surface area contributed by atoms with Gasteiger partial charge in [0.05, 0.1) is 3.57 Å². The molecule has 0 saturated heterocycles. The van der Waals surface area contributed by atoms with Gasteiger partial charge in [0.25, 0.3) is 5.56 Å². The van der Waals surface area contributed by atoms with Crippen LogP contribution in [-0.4, -0.2) is 16.2 Å². The molecule has 0 bridgehead atoms. The van der Waals surface area contributed by atoms with E-state index in [4.69, 9.17) is 4.74 Å². The zero-order valence-corrected chi connectivity index (χ0v) is 13.8. The Morgan fingerprint density at radius 3 is 2.45 bits per heavy atom. The third kappa shape index (κ3) is 3.80. The predicted octanol–water partition coefficient (Wildman–Crippen LogP) is 2.00. The molecule has 0 fully saturated rings. The highest BCUT2D eigenvalue weighted by Crippen LogP contribution is 2.15. The Kier molecular flexibility index (Phi) is 5.46. The summed E-state index contributed by atoms with van der Waals surface area (Å²) in [6.45, 7) is 2.11. The molecule has 1 aromatic heterocycles. The van der Waals surface area contributed by atoms with Crippen LogP contribution in [-0.2, 0) is 17.9 Å². The van der Waals surface area contributed by atoms with Crippen LogP contribution in [0.25, 0.3) is 0 Å². The molecule has 2 aromatic rings. The molecule has 8 heteroatoms. The van der Waals surface area contributed by atoms with E-state index in [1.54, 1.807) is 29.5 Å². The second-order valence-electron chi connectivity index (χ2n) is 4.52. The molecule has 22 heavy (non-hydrogen) atoms. The fourth-order valence-electron chi connectivity index (χ4n) is 1.99. The summed E-state index contributed by atoms with van der Waals surface area (Å²) in [5, 5.41) is 0. The highest BCUT2D eigenvalue weighted by Gasteiger charge is 2.14. The average Bonchev–Trinajstić information content (AvgIpc) is 2.43. The lowest BCUT2D eigenvalue weighted by molar-refractivity contribution is 0.0822. The van der Waals surface area contributed by atoms with Crippen molar-refractivity contribution in [3.05, 3.63) is 65.5 Å². The van der Waals surface area contributed by atoms with Crippen molar-refractivity contribution in [2.75, 3.05) is 6.61 Å². The van der Waals surface area contributed by atoms with Crippen LogP contribution in [0.15, 0.2) is 27.8 Å². The number of rotatable bonds is 5. The molecule has 0 spiro atoms. The van der Waals surface area contributed by atoms with Crippen molar-refractivity contribution in [2.24, 2.45) is 0 Å². The fourth-order valence-corrected chi connectivity index (χ4v) is 2.61. The molecule has 1 heterocycles. The molecular formula is C14H13F2IN2O3. The van der Waals surface area contributed by atoms with Crippen molar-refractivity contribution in [2.45, 2.75) is 20.1 Å². The normalized spacial score (nSPS) is 10.9. The van der Waals surface area contributed by atoms with Gasteiger partial charge in [0.15, 0.2) is 0 Å². The van der Waals surface area contributed by atoms with Crippen LogP contribution in [0.4, 0.5) is 8.78 Å². The second-order valence-corrected chi connectivity index (χ2v) is 5.60. The van der Waals surface area contributed by atoms with Crippen LogP contribution in [0, 0.1) is 15.2 Å². The van der Waals surface area contributed by atoms with Gasteiger partial charge in [-0.05, 0) is 47.2 Å². The van der Waals surface area contributed by atoms with Crippen molar-refractivity contribution in [1.29, 1.82) is 0 Å². The van der Waals surface area contributed by atoms with Crippen LogP contribution in [0.3, 0.4) is 0 Å². The van der Waals surface area contributed by atoms with Crippen molar-refractivity contribution in [1.82, 2.24) is 9.55 Å². The smallest absolute Gasteiger partial charge is 0.330 e. The summed E-state index contributed by atoms with van der Waals surface area (Å²) in [5.41, 5.74) is -0.477. The number of halogens is 3. The molecule has 5 nitrogen and oxygen atoms in total. The van der Waals surface area contributed by atoms with Gasteiger partial charge in [-0.2, -0.15) is 0 Å². The maximum Gasteiger partial charge on any atom is 0.330 e. The molecule has 1 aromatic carbocycles. The molecule has 0 atom stereocenters. The van der Waals surface area contributed by atoms with Gasteiger partial charge < -0.3 is 4.74 Å². The first kappa shape index (κ1) is 16.8. The number of aromatic nitrogens is 2. The van der Waals surface area contributed by atoms with Crippen molar-refractivity contribution >= 4 is 22.6 Å². The van der Waals surface area contributed by atoms with E-state index in [2.05, 4.69) is 4.98 Å². The zero-order valence-electron chi connectivity index (χ0n) is 11.7. The summed E-state index contributed by atoms with van der Waals surface area (Å²) < 4.78 is 33.3. The van der Waals surface area contributed by atoms with Crippen LogP contribution < -0.4 is 11.2 Å². The number of nitrogens with one attached hydrogen (secondary N) is 1. The molecule has 0 aliphatic rings. The molecule has 1 N–H and O–H groups in total. The van der Waals surface area contributed by atoms with E-state index >= 15 is 0 Å². The average molecular weight is 422 g/mol. The van der Waals surface area contributed by atoms with Crippen LogP contribution in [0.2, 0.25) is 0 Å². The molecule has 0 radical (unpaired) electrons. The summed E-state index contributed by atoms with van der Waals surface area (Å²) in [6.07, 6.45) is 0.0409. The number of ether oxygens (including phenoxy) is 1. The molecule has 0 aliphatic carbocycles. The highest BCUT2D eigenvalue weighted by atomic mass is 127. The van der Waals surface area contributed by atoms with Gasteiger partial charge in [0.2, 0.25) is 0 Å². The molecular weight excluding hydrogens is 409 g/mol. The molecule has 0 amide bonds. The number of hydrogen-bond donors (Lipinski definition) is 1. The van der Waals surface area contributed by atoms with Crippen LogP contribution in [0.1, 0.15) is 18.2 Å². The lowest BCUT2D eigenvalue weighted by Crippen LogP contribution is -2.35. The Hall–Kier alpha value is -1.55.